The monoisotopic (exact) mass is 341 g/mol. The lowest BCUT2D eigenvalue weighted by Crippen LogP contribution is -2.56. The third kappa shape index (κ3) is 3.07. The molecule has 3 heterocycles. The van der Waals surface area contributed by atoms with Crippen LogP contribution in [0.2, 0.25) is 0 Å². The molecule has 2 saturated heterocycles. The normalized spacial score (nSPS) is 23.4. The molecule has 2 aromatic rings. The maximum absolute atomic E-state index is 10.3. The van der Waals surface area contributed by atoms with Gasteiger partial charge in [-0.25, -0.2) is 0 Å². The molecule has 0 saturated carbocycles. The van der Waals surface area contributed by atoms with Crippen molar-refractivity contribution in [3.05, 3.63) is 35.4 Å². The van der Waals surface area contributed by atoms with Crippen molar-refractivity contribution in [2.45, 2.75) is 32.4 Å². The summed E-state index contributed by atoms with van der Waals surface area (Å²) in [5.41, 5.74) is 3.46. The summed E-state index contributed by atoms with van der Waals surface area (Å²) in [5, 5.41) is 19.1. The summed E-state index contributed by atoms with van der Waals surface area (Å²) >= 11 is 0. The Kier molecular flexibility index (Phi) is 4.31. The van der Waals surface area contributed by atoms with Gasteiger partial charge < -0.3 is 19.5 Å². The fourth-order valence-corrected chi connectivity index (χ4v) is 3.86. The molecule has 1 N–H and O–H groups in total. The SMILES string of the molecule is Cc1cc(C)c(-c2ccc(N3CCO[C@H]4COCC[C@@H]43)nn2)c(O)c1. The molecule has 25 heavy (non-hydrogen) atoms. The van der Waals surface area contributed by atoms with Crippen molar-refractivity contribution in [2.75, 3.05) is 31.3 Å². The van der Waals surface area contributed by atoms with Crippen LogP contribution >= 0.6 is 0 Å². The largest absolute Gasteiger partial charge is 0.507 e. The molecule has 2 fully saturated rings. The van der Waals surface area contributed by atoms with Gasteiger partial charge in [-0.2, -0.15) is 0 Å². The second-order valence-corrected chi connectivity index (χ2v) is 6.79. The van der Waals surface area contributed by atoms with Gasteiger partial charge in [0.25, 0.3) is 0 Å². The van der Waals surface area contributed by atoms with E-state index >= 15 is 0 Å². The molecule has 1 aromatic carbocycles. The van der Waals surface area contributed by atoms with E-state index in [4.69, 9.17) is 9.47 Å². The van der Waals surface area contributed by atoms with Gasteiger partial charge in [0.2, 0.25) is 0 Å². The highest BCUT2D eigenvalue weighted by atomic mass is 16.5. The van der Waals surface area contributed by atoms with Gasteiger partial charge in [0, 0.05) is 18.7 Å². The van der Waals surface area contributed by atoms with Gasteiger partial charge >= 0.3 is 0 Å². The average Bonchev–Trinajstić information content (AvgIpc) is 2.61. The fourth-order valence-electron chi connectivity index (χ4n) is 3.86. The van der Waals surface area contributed by atoms with Crippen LogP contribution in [0.1, 0.15) is 17.5 Å². The number of hydrogen-bond donors (Lipinski definition) is 1. The first-order valence-electron chi connectivity index (χ1n) is 8.74. The van der Waals surface area contributed by atoms with Crippen molar-refractivity contribution in [3.8, 4) is 17.0 Å². The maximum atomic E-state index is 10.3. The zero-order valence-corrected chi connectivity index (χ0v) is 14.6. The Labute approximate surface area is 147 Å². The number of aromatic nitrogens is 2. The zero-order chi connectivity index (χ0) is 17.4. The van der Waals surface area contributed by atoms with Crippen LogP contribution in [-0.2, 0) is 9.47 Å². The molecule has 6 heteroatoms. The van der Waals surface area contributed by atoms with Crippen LogP contribution in [-0.4, -0.2) is 53.8 Å². The fraction of sp³-hybridized carbons (Fsp3) is 0.474. The van der Waals surface area contributed by atoms with Crippen LogP contribution in [0.3, 0.4) is 0 Å². The predicted octanol–water partition coefficient (Wildman–Crippen LogP) is 2.46. The Bertz CT molecular complexity index is 738. The molecule has 4 rings (SSSR count). The highest BCUT2D eigenvalue weighted by Crippen LogP contribution is 2.33. The van der Waals surface area contributed by atoms with E-state index in [0.717, 1.165) is 42.1 Å². The van der Waals surface area contributed by atoms with Gasteiger partial charge in [0.05, 0.1) is 24.9 Å². The summed E-state index contributed by atoms with van der Waals surface area (Å²) in [7, 11) is 0. The van der Waals surface area contributed by atoms with Gasteiger partial charge in [-0.05, 0) is 49.6 Å². The van der Waals surface area contributed by atoms with Crippen LogP contribution in [0.25, 0.3) is 11.3 Å². The number of rotatable bonds is 2. The highest BCUT2D eigenvalue weighted by molar-refractivity contribution is 5.71. The minimum Gasteiger partial charge on any atom is -0.507 e. The lowest BCUT2D eigenvalue weighted by atomic mass is 10.0. The molecule has 2 aliphatic heterocycles. The maximum Gasteiger partial charge on any atom is 0.151 e. The Morgan fingerprint density at radius 1 is 1.16 bits per heavy atom. The first kappa shape index (κ1) is 16.3. The molecule has 0 bridgehead atoms. The van der Waals surface area contributed by atoms with Crippen LogP contribution in [0.15, 0.2) is 24.3 Å². The number of phenols is 1. The Morgan fingerprint density at radius 2 is 2.04 bits per heavy atom. The van der Waals surface area contributed by atoms with Crippen LogP contribution in [0.4, 0.5) is 5.82 Å². The average molecular weight is 341 g/mol. The summed E-state index contributed by atoms with van der Waals surface area (Å²) in [5.74, 6) is 1.10. The number of morpholine rings is 1. The first-order chi connectivity index (χ1) is 12.1. The van der Waals surface area contributed by atoms with Gasteiger partial charge in [0.15, 0.2) is 5.82 Å². The van der Waals surface area contributed by atoms with Crippen molar-refractivity contribution >= 4 is 5.82 Å². The van der Waals surface area contributed by atoms with Crippen molar-refractivity contribution in [3.63, 3.8) is 0 Å². The standard InChI is InChI=1S/C19H23N3O3/c1-12-9-13(2)19(16(23)10-12)14-3-4-18(21-20-14)22-6-8-25-17-11-24-7-5-15(17)22/h3-4,9-10,15,17,23H,5-8,11H2,1-2H3/t15-,17-/m0/s1. The van der Waals surface area contributed by atoms with Gasteiger partial charge in [-0.15, -0.1) is 10.2 Å². The van der Waals surface area contributed by atoms with E-state index in [9.17, 15) is 5.11 Å². The third-order valence-corrected chi connectivity index (χ3v) is 4.99. The smallest absolute Gasteiger partial charge is 0.151 e. The summed E-state index contributed by atoms with van der Waals surface area (Å²) in [6.07, 6.45) is 1.04. The number of phenolic OH excluding ortho intramolecular Hbond substituents is 1. The van der Waals surface area contributed by atoms with Gasteiger partial charge in [-0.1, -0.05) is 6.07 Å². The van der Waals surface area contributed by atoms with E-state index < -0.39 is 0 Å². The molecule has 0 amide bonds. The van der Waals surface area contributed by atoms with Gasteiger partial charge in [0.1, 0.15) is 11.9 Å². The van der Waals surface area contributed by atoms with E-state index in [1.807, 2.05) is 32.0 Å². The topological polar surface area (TPSA) is 67.7 Å². The van der Waals surface area contributed by atoms with Crippen molar-refractivity contribution in [2.24, 2.45) is 0 Å². The summed E-state index contributed by atoms with van der Waals surface area (Å²) in [6, 6.07) is 8.01. The van der Waals surface area contributed by atoms with E-state index in [2.05, 4.69) is 15.1 Å². The molecule has 0 spiro atoms. The molecule has 0 aliphatic carbocycles. The Balaban J connectivity index is 1.62. The number of ether oxygens (including phenoxy) is 2. The van der Waals surface area contributed by atoms with Crippen molar-refractivity contribution < 1.29 is 14.6 Å². The number of aromatic hydroxyl groups is 1. The van der Waals surface area contributed by atoms with Crippen LogP contribution in [0, 0.1) is 13.8 Å². The molecule has 0 unspecified atom stereocenters. The molecule has 1 aromatic heterocycles. The first-order valence-corrected chi connectivity index (χ1v) is 8.74. The number of hydrogen-bond acceptors (Lipinski definition) is 6. The molecule has 0 radical (unpaired) electrons. The van der Waals surface area contributed by atoms with E-state index in [0.29, 0.717) is 18.9 Å². The lowest BCUT2D eigenvalue weighted by molar-refractivity contribution is -0.0778. The third-order valence-electron chi connectivity index (χ3n) is 4.99. The Hall–Kier alpha value is -2.18. The number of benzene rings is 1. The van der Waals surface area contributed by atoms with Crippen molar-refractivity contribution in [1.29, 1.82) is 0 Å². The second kappa shape index (κ2) is 6.61. The van der Waals surface area contributed by atoms with Crippen LogP contribution < -0.4 is 4.90 Å². The summed E-state index contributed by atoms with van der Waals surface area (Å²) in [6.45, 7) is 6.82. The van der Waals surface area contributed by atoms with E-state index in [1.54, 1.807) is 6.07 Å². The number of fused-ring (bicyclic) bond motifs is 1. The Morgan fingerprint density at radius 3 is 2.80 bits per heavy atom. The van der Waals surface area contributed by atoms with Crippen LogP contribution in [0.5, 0.6) is 5.75 Å². The van der Waals surface area contributed by atoms with Gasteiger partial charge in [-0.3, -0.25) is 0 Å². The molecule has 2 aliphatic rings. The van der Waals surface area contributed by atoms with E-state index in [1.165, 1.54) is 0 Å². The molecular weight excluding hydrogens is 318 g/mol. The van der Waals surface area contributed by atoms with Crippen molar-refractivity contribution in [1.82, 2.24) is 10.2 Å². The number of aryl methyl sites for hydroxylation is 2. The second-order valence-electron chi connectivity index (χ2n) is 6.79. The molecule has 2 atom stereocenters. The number of anilines is 1. The predicted molar refractivity (Wildman–Crippen MR) is 94.9 cm³/mol. The minimum absolute atomic E-state index is 0.104. The lowest BCUT2D eigenvalue weighted by Gasteiger charge is -2.43. The molecule has 6 nitrogen and oxygen atoms in total. The molecular formula is C19H23N3O3. The summed E-state index contributed by atoms with van der Waals surface area (Å²) in [4.78, 5) is 2.27. The van der Waals surface area contributed by atoms with E-state index in [-0.39, 0.29) is 17.9 Å². The minimum atomic E-state index is 0.104. The zero-order valence-electron chi connectivity index (χ0n) is 14.6. The quantitative estimate of drug-likeness (QED) is 0.905. The highest BCUT2D eigenvalue weighted by Gasteiger charge is 2.35. The molecule has 132 valence electrons. The summed E-state index contributed by atoms with van der Waals surface area (Å²) < 4.78 is 11.3. The number of nitrogens with zero attached hydrogens (tertiary/aromatic N) is 3.